The van der Waals surface area contributed by atoms with E-state index in [-0.39, 0.29) is 0 Å². The summed E-state index contributed by atoms with van der Waals surface area (Å²) in [7, 11) is 0. The van der Waals surface area contributed by atoms with Crippen molar-refractivity contribution in [2.45, 2.75) is 13.0 Å². The molecule has 0 aromatic carbocycles. The standard InChI is InChI=1S/C8H12N3/c1-2-10-6-8(7-10)11-5-3-4-9-11/h4-5,8H,2,6-7H2,1H3. The summed E-state index contributed by atoms with van der Waals surface area (Å²) in [6.45, 7) is 5.63. The summed E-state index contributed by atoms with van der Waals surface area (Å²) in [5, 5.41) is 4.14. The summed E-state index contributed by atoms with van der Waals surface area (Å²) in [5.74, 6) is 0. The molecule has 11 heavy (non-hydrogen) atoms. The Morgan fingerprint density at radius 2 is 2.45 bits per heavy atom. The number of rotatable bonds is 2. The van der Waals surface area contributed by atoms with Crippen molar-refractivity contribution in [2.24, 2.45) is 0 Å². The highest BCUT2D eigenvalue weighted by Gasteiger charge is 2.26. The van der Waals surface area contributed by atoms with Gasteiger partial charge in [-0.3, -0.25) is 9.58 Å². The molecule has 1 aromatic heterocycles. The molecule has 0 unspecified atom stereocenters. The first-order valence-electron chi connectivity index (χ1n) is 4.02. The van der Waals surface area contributed by atoms with Crippen LogP contribution in [0.5, 0.6) is 0 Å². The first-order chi connectivity index (χ1) is 5.40. The second kappa shape index (κ2) is 2.66. The molecule has 1 radical (unpaired) electrons. The fourth-order valence-corrected chi connectivity index (χ4v) is 1.41. The smallest absolute Gasteiger partial charge is 0.0773 e. The van der Waals surface area contributed by atoms with E-state index in [1.54, 1.807) is 6.20 Å². The minimum absolute atomic E-state index is 0.598. The number of hydrogen-bond donors (Lipinski definition) is 0. The van der Waals surface area contributed by atoms with E-state index in [0.29, 0.717) is 6.04 Å². The van der Waals surface area contributed by atoms with Crippen LogP contribution in [0.25, 0.3) is 0 Å². The van der Waals surface area contributed by atoms with Gasteiger partial charge in [-0.25, -0.2) is 0 Å². The van der Waals surface area contributed by atoms with Crippen LogP contribution in [0.1, 0.15) is 13.0 Å². The summed E-state index contributed by atoms with van der Waals surface area (Å²) in [6.07, 6.45) is 3.63. The molecule has 2 heterocycles. The average Bonchev–Trinajstić information content (AvgIpc) is 2.37. The molecule has 1 aliphatic heterocycles. The number of likely N-dealkylation sites (tertiary alicyclic amines) is 1. The van der Waals surface area contributed by atoms with Crippen molar-refractivity contribution in [1.82, 2.24) is 14.7 Å². The van der Waals surface area contributed by atoms with Crippen LogP contribution in [0.3, 0.4) is 0 Å². The molecule has 3 nitrogen and oxygen atoms in total. The molecule has 0 bridgehead atoms. The fraction of sp³-hybridized carbons (Fsp3) is 0.625. The Balaban J connectivity index is 1.92. The van der Waals surface area contributed by atoms with Crippen molar-refractivity contribution >= 4 is 0 Å². The minimum atomic E-state index is 0.598. The normalized spacial score (nSPS) is 20.1. The third-order valence-corrected chi connectivity index (χ3v) is 2.23. The van der Waals surface area contributed by atoms with E-state index >= 15 is 0 Å². The van der Waals surface area contributed by atoms with Gasteiger partial charge in [-0.2, -0.15) is 5.10 Å². The summed E-state index contributed by atoms with van der Waals surface area (Å²) in [6, 6.07) is 3.54. The fourth-order valence-electron chi connectivity index (χ4n) is 1.41. The first kappa shape index (κ1) is 6.85. The Labute approximate surface area is 66.6 Å². The van der Waals surface area contributed by atoms with Crippen molar-refractivity contribution in [3.63, 3.8) is 0 Å². The molecule has 1 fully saturated rings. The van der Waals surface area contributed by atoms with Crippen LogP contribution in [0.4, 0.5) is 0 Å². The number of hydrogen-bond acceptors (Lipinski definition) is 2. The van der Waals surface area contributed by atoms with E-state index in [9.17, 15) is 0 Å². The van der Waals surface area contributed by atoms with Gasteiger partial charge in [0.05, 0.1) is 12.2 Å². The lowest BCUT2D eigenvalue weighted by molar-refractivity contribution is 0.105. The Hall–Kier alpha value is -0.830. The van der Waals surface area contributed by atoms with E-state index < -0.39 is 0 Å². The molecule has 2 rings (SSSR count). The van der Waals surface area contributed by atoms with Crippen LogP contribution in [-0.2, 0) is 0 Å². The molecule has 3 heteroatoms. The van der Waals surface area contributed by atoms with Crippen LogP contribution in [-0.4, -0.2) is 34.3 Å². The lowest BCUT2D eigenvalue weighted by Crippen LogP contribution is -2.47. The van der Waals surface area contributed by atoms with E-state index in [2.05, 4.69) is 23.0 Å². The number of nitrogens with zero attached hydrogens (tertiary/aromatic N) is 3. The van der Waals surface area contributed by atoms with Gasteiger partial charge < -0.3 is 0 Å². The second-order valence-electron chi connectivity index (χ2n) is 2.93. The van der Waals surface area contributed by atoms with Gasteiger partial charge in [0.25, 0.3) is 0 Å². The topological polar surface area (TPSA) is 21.1 Å². The van der Waals surface area contributed by atoms with Crippen LogP contribution in [0.15, 0.2) is 12.4 Å². The molecular formula is C8H12N3. The molecular weight excluding hydrogens is 138 g/mol. The van der Waals surface area contributed by atoms with Crippen molar-refractivity contribution in [2.75, 3.05) is 19.6 Å². The van der Waals surface area contributed by atoms with Crippen molar-refractivity contribution in [3.8, 4) is 0 Å². The molecule has 0 amide bonds. The van der Waals surface area contributed by atoms with Crippen molar-refractivity contribution in [3.05, 3.63) is 18.5 Å². The molecule has 0 spiro atoms. The van der Waals surface area contributed by atoms with E-state index in [4.69, 9.17) is 0 Å². The Morgan fingerprint density at radius 1 is 1.64 bits per heavy atom. The van der Waals surface area contributed by atoms with Crippen LogP contribution >= 0.6 is 0 Å². The van der Waals surface area contributed by atoms with E-state index in [0.717, 1.165) is 19.6 Å². The Morgan fingerprint density at radius 3 is 3.00 bits per heavy atom. The largest absolute Gasteiger partial charge is 0.299 e. The quantitative estimate of drug-likeness (QED) is 0.614. The Kier molecular flexibility index (Phi) is 1.66. The molecule has 0 aliphatic carbocycles. The first-order valence-corrected chi connectivity index (χ1v) is 4.02. The monoisotopic (exact) mass is 150 g/mol. The molecule has 0 N–H and O–H groups in total. The van der Waals surface area contributed by atoms with Gasteiger partial charge in [0, 0.05) is 25.4 Å². The summed E-state index contributed by atoms with van der Waals surface area (Å²) >= 11 is 0. The maximum atomic E-state index is 4.14. The summed E-state index contributed by atoms with van der Waals surface area (Å²) in [5.41, 5.74) is 0. The lowest BCUT2D eigenvalue weighted by Gasteiger charge is -2.38. The van der Waals surface area contributed by atoms with Crippen LogP contribution in [0, 0.1) is 6.07 Å². The predicted octanol–water partition coefficient (Wildman–Crippen LogP) is 0.560. The van der Waals surface area contributed by atoms with E-state index in [1.807, 2.05) is 10.9 Å². The molecule has 0 atom stereocenters. The second-order valence-corrected chi connectivity index (χ2v) is 2.93. The van der Waals surface area contributed by atoms with Crippen molar-refractivity contribution in [1.29, 1.82) is 0 Å². The zero-order valence-corrected chi connectivity index (χ0v) is 6.70. The molecule has 1 aromatic rings. The van der Waals surface area contributed by atoms with E-state index in [1.165, 1.54) is 0 Å². The predicted molar refractivity (Wildman–Crippen MR) is 42.2 cm³/mol. The zero-order valence-electron chi connectivity index (χ0n) is 6.70. The lowest BCUT2D eigenvalue weighted by atomic mass is 10.1. The Bertz CT molecular complexity index is 211. The highest BCUT2D eigenvalue weighted by molar-refractivity contribution is 4.87. The molecule has 1 aliphatic rings. The number of likely N-dealkylation sites (N-methyl/N-ethyl adjacent to an activating group) is 1. The average molecular weight is 150 g/mol. The minimum Gasteiger partial charge on any atom is -0.299 e. The highest BCUT2D eigenvalue weighted by atomic mass is 15.4. The summed E-state index contributed by atoms with van der Waals surface area (Å²) in [4.78, 5) is 2.40. The van der Waals surface area contributed by atoms with Gasteiger partial charge >= 0.3 is 0 Å². The van der Waals surface area contributed by atoms with Crippen molar-refractivity contribution < 1.29 is 0 Å². The van der Waals surface area contributed by atoms with Crippen LogP contribution in [0.2, 0.25) is 0 Å². The van der Waals surface area contributed by atoms with Gasteiger partial charge in [0.15, 0.2) is 0 Å². The maximum absolute atomic E-state index is 4.14. The molecule has 59 valence electrons. The van der Waals surface area contributed by atoms with Gasteiger partial charge in [-0.15, -0.1) is 0 Å². The van der Waals surface area contributed by atoms with Gasteiger partial charge in [-0.05, 0) is 6.54 Å². The molecule has 0 saturated carbocycles. The maximum Gasteiger partial charge on any atom is 0.0773 e. The highest BCUT2D eigenvalue weighted by Crippen LogP contribution is 2.18. The SMILES string of the molecule is CCN1CC(n2c[c]cn2)C1. The van der Waals surface area contributed by atoms with Gasteiger partial charge in [0.1, 0.15) is 0 Å². The molecule has 1 saturated heterocycles. The van der Waals surface area contributed by atoms with Crippen LogP contribution < -0.4 is 0 Å². The summed E-state index contributed by atoms with van der Waals surface area (Å²) < 4.78 is 1.99. The zero-order chi connectivity index (χ0) is 7.68. The van der Waals surface area contributed by atoms with Gasteiger partial charge in [0.2, 0.25) is 0 Å². The third kappa shape index (κ3) is 1.16. The third-order valence-electron chi connectivity index (χ3n) is 2.23. The number of aromatic nitrogens is 2. The van der Waals surface area contributed by atoms with Gasteiger partial charge in [-0.1, -0.05) is 6.92 Å².